The molecule has 0 radical (unpaired) electrons. The van der Waals surface area contributed by atoms with Gasteiger partial charge in [0.05, 0.1) is 6.26 Å². The summed E-state index contributed by atoms with van der Waals surface area (Å²) < 4.78 is 0. The summed E-state index contributed by atoms with van der Waals surface area (Å²) in [4.78, 5) is 0. The minimum Gasteiger partial charge on any atom is -0.516 e. The molecule has 16 heavy (non-hydrogen) atoms. The van der Waals surface area contributed by atoms with E-state index in [1.807, 2.05) is 0 Å². The van der Waals surface area contributed by atoms with Crippen molar-refractivity contribution >= 4 is 0 Å². The minimum atomic E-state index is 0.499. The standard InChI is InChI=1S/C15H24O/c1-14-8-3-4-9-15(14,2)12-13(7-10-14)6-5-11-16/h5-6,11,16H,3-4,7-10,12H2,1-2H3/b11-5+,13-6-/t14?,15-/m1/s1. The molecule has 0 aromatic carbocycles. The van der Waals surface area contributed by atoms with Crippen LogP contribution in [0.1, 0.15) is 58.8 Å². The molecule has 2 saturated carbocycles. The van der Waals surface area contributed by atoms with E-state index in [0.717, 1.165) is 6.26 Å². The summed E-state index contributed by atoms with van der Waals surface area (Å²) in [6.07, 6.45) is 14.4. The van der Waals surface area contributed by atoms with Gasteiger partial charge in [-0.05, 0) is 49.0 Å². The number of hydrogen-bond donors (Lipinski definition) is 1. The van der Waals surface area contributed by atoms with E-state index >= 15 is 0 Å². The molecule has 1 N–H and O–H groups in total. The highest BCUT2D eigenvalue weighted by atomic mass is 16.2. The van der Waals surface area contributed by atoms with Gasteiger partial charge in [-0.25, -0.2) is 0 Å². The Balaban J connectivity index is 2.17. The van der Waals surface area contributed by atoms with E-state index < -0.39 is 0 Å². The zero-order chi connectivity index (χ0) is 11.6. The van der Waals surface area contributed by atoms with Crippen LogP contribution in [0.4, 0.5) is 0 Å². The van der Waals surface area contributed by atoms with Gasteiger partial charge in [-0.15, -0.1) is 0 Å². The average Bonchev–Trinajstić information content (AvgIpc) is 2.27. The third-order valence-electron chi connectivity index (χ3n) is 5.20. The summed E-state index contributed by atoms with van der Waals surface area (Å²) in [5.41, 5.74) is 2.58. The predicted octanol–water partition coefficient (Wildman–Crippen LogP) is 4.76. The Morgan fingerprint density at radius 1 is 1.06 bits per heavy atom. The van der Waals surface area contributed by atoms with E-state index in [-0.39, 0.29) is 0 Å². The molecule has 2 aliphatic carbocycles. The zero-order valence-corrected chi connectivity index (χ0v) is 10.6. The summed E-state index contributed by atoms with van der Waals surface area (Å²) >= 11 is 0. The zero-order valence-electron chi connectivity index (χ0n) is 10.6. The van der Waals surface area contributed by atoms with E-state index in [0.29, 0.717) is 10.8 Å². The van der Waals surface area contributed by atoms with Gasteiger partial charge in [0.25, 0.3) is 0 Å². The van der Waals surface area contributed by atoms with Crippen LogP contribution in [0.15, 0.2) is 24.0 Å². The Bertz CT molecular complexity index is 315. The van der Waals surface area contributed by atoms with Gasteiger partial charge < -0.3 is 5.11 Å². The van der Waals surface area contributed by atoms with Gasteiger partial charge >= 0.3 is 0 Å². The molecule has 0 amide bonds. The van der Waals surface area contributed by atoms with E-state index in [2.05, 4.69) is 19.9 Å². The summed E-state index contributed by atoms with van der Waals surface area (Å²) in [5.74, 6) is 0. The minimum absolute atomic E-state index is 0.499. The lowest BCUT2D eigenvalue weighted by Crippen LogP contribution is -2.43. The molecule has 0 aromatic rings. The van der Waals surface area contributed by atoms with Gasteiger partial charge in [0.15, 0.2) is 0 Å². The maximum atomic E-state index is 8.72. The van der Waals surface area contributed by atoms with Crippen molar-refractivity contribution in [3.63, 3.8) is 0 Å². The molecule has 2 fully saturated rings. The van der Waals surface area contributed by atoms with Crippen molar-refractivity contribution in [3.05, 3.63) is 24.0 Å². The first-order valence-corrected chi connectivity index (χ1v) is 6.58. The van der Waals surface area contributed by atoms with Crippen molar-refractivity contribution in [2.45, 2.75) is 58.8 Å². The molecule has 2 aliphatic rings. The lowest BCUT2D eigenvalue weighted by atomic mass is 9.51. The molecule has 1 unspecified atom stereocenters. The molecular weight excluding hydrogens is 196 g/mol. The number of aliphatic hydroxyl groups excluding tert-OH is 1. The Morgan fingerprint density at radius 2 is 1.75 bits per heavy atom. The van der Waals surface area contributed by atoms with Crippen LogP contribution in [0.3, 0.4) is 0 Å². The summed E-state index contributed by atoms with van der Waals surface area (Å²) in [7, 11) is 0. The fourth-order valence-corrected chi connectivity index (χ4v) is 3.71. The molecule has 0 heterocycles. The van der Waals surface area contributed by atoms with E-state index in [9.17, 15) is 0 Å². The highest BCUT2D eigenvalue weighted by Crippen LogP contribution is 2.59. The molecule has 0 spiro atoms. The van der Waals surface area contributed by atoms with Crippen LogP contribution in [-0.4, -0.2) is 5.11 Å². The third kappa shape index (κ3) is 1.92. The van der Waals surface area contributed by atoms with Gasteiger partial charge in [0.1, 0.15) is 0 Å². The Labute approximate surface area is 99.3 Å². The maximum absolute atomic E-state index is 8.72. The van der Waals surface area contributed by atoms with Gasteiger partial charge in [-0.3, -0.25) is 0 Å². The van der Waals surface area contributed by atoms with Crippen LogP contribution in [0.2, 0.25) is 0 Å². The van der Waals surface area contributed by atoms with Crippen molar-refractivity contribution in [1.29, 1.82) is 0 Å². The second-order valence-electron chi connectivity index (χ2n) is 6.17. The predicted molar refractivity (Wildman–Crippen MR) is 68.4 cm³/mol. The summed E-state index contributed by atoms with van der Waals surface area (Å²) in [6.45, 7) is 4.96. The molecule has 90 valence electrons. The van der Waals surface area contributed by atoms with Gasteiger partial charge in [-0.2, -0.15) is 0 Å². The van der Waals surface area contributed by atoms with E-state index in [1.165, 1.54) is 50.5 Å². The number of aliphatic hydroxyl groups is 1. The lowest BCUT2D eigenvalue weighted by molar-refractivity contribution is -0.00803. The van der Waals surface area contributed by atoms with Crippen LogP contribution < -0.4 is 0 Å². The van der Waals surface area contributed by atoms with Crippen molar-refractivity contribution in [2.24, 2.45) is 10.8 Å². The fourth-order valence-electron chi connectivity index (χ4n) is 3.71. The number of fused-ring (bicyclic) bond motifs is 1. The first-order valence-electron chi connectivity index (χ1n) is 6.58. The Hall–Kier alpha value is -0.720. The van der Waals surface area contributed by atoms with Crippen molar-refractivity contribution in [1.82, 2.24) is 0 Å². The van der Waals surface area contributed by atoms with E-state index in [4.69, 9.17) is 5.11 Å². The van der Waals surface area contributed by atoms with Gasteiger partial charge in [0, 0.05) is 0 Å². The SMILES string of the molecule is CC12CCCC[C@]1(C)C/C(=C\C=C\O)CC2. The number of rotatable bonds is 1. The van der Waals surface area contributed by atoms with Gasteiger partial charge in [0.2, 0.25) is 0 Å². The average molecular weight is 220 g/mol. The first kappa shape index (κ1) is 11.8. The molecule has 2 rings (SSSR count). The van der Waals surface area contributed by atoms with Crippen molar-refractivity contribution in [2.75, 3.05) is 0 Å². The summed E-state index contributed by atoms with van der Waals surface area (Å²) in [6, 6.07) is 0. The van der Waals surface area contributed by atoms with Crippen molar-refractivity contribution in [3.8, 4) is 0 Å². The normalized spacial score (nSPS) is 42.5. The quantitative estimate of drug-likeness (QED) is 0.632. The second kappa shape index (κ2) is 4.27. The molecule has 0 bridgehead atoms. The molecule has 0 aromatic heterocycles. The van der Waals surface area contributed by atoms with Crippen LogP contribution in [0.25, 0.3) is 0 Å². The highest BCUT2D eigenvalue weighted by Gasteiger charge is 2.48. The maximum Gasteiger partial charge on any atom is 0.0791 e. The molecule has 2 atom stereocenters. The Kier molecular flexibility index (Phi) is 3.14. The highest BCUT2D eigenvalue weighted by molar-refractivity contribution is 5.19. The number of hydrogen-bond acceptors (Lipinski definition) is 1. The van der Waals surface area contributed by atoms with Crippen molar-refractivity contribution < 1.29 is 5.11 Å². The molecule has 0 saturated heterocycles. The Morgan fingerprint density at radius 3 is 2.44 bits per heavy atom. The summed E-state index contributed by atoms with van der Waals surface area (Å²) in [5, 5.41) is 8.72. The van der Waals surface area contributed by atoms with Crippen LogP contribution in [-0.2, 0) is 0 Å². The van der Waals surface area contributed by atoms with Crippen LogP contribution in [0.5, 0.6) is 0 Å². The second-order valence-corrected chi connectivity index (χ2v) is 6.17. The topological polar surface area (TPSA) is 20.2 Å². The number of allylic oxidation sites excluding steroid dienone is 3. The fraction of sp³-hybridized carbons (Fsp3) is 0.733. The van der Waals surface area contributed by atoms with Crippen LogP contribution in [0, 0.1) is 10.8 Å². The largest absolute Gasteiger partial charge is 0.516 e. The molecule has 0 aliphatic heterocycles. The smallest absolute Gasteiger partial charge is 0.0791 e. The van der Waals surface area contributed by atoms with Crippen LogP contribution >= 0.6 is 0 Å². The third-order valence-corrected chi connectivity index (χ3v) is 5.20. The van der Waals surface area contributed by atoms with E-state index in [1.54, 1.807) is 6.08 Å². The molecule has 1 nitrogen and oxygen atoms in total. The first-order chi connectivity index (χ1) is 7.60. The lowest BCUT2D eigenvalue weighted by Gasteiger charge is -2.54. The molecule has 1 heteroatoms. The monoisotopic (exact) mass is 220 g/mol. The van der Waals surface area contributed by atoms with Gasteiger partial charge in [-0.1, -0.05) is 38.3 Å². The molecular formula is C15H24O.